The molecule has 0 bridgehead atoms. The van der Waals surface area contributed by atoms with Crippen LogP contribution in [0.25, 0.3) is 0 Å². The van der Waals surface area contributed by atoms with Crippen molar-refractivity contribution in [2.45, 2.75) is 43.7 Å². The number of aliphatic hydroxyl groups is 4. The van der Waals surface area contributed by atoms with Gasteiger partial charge in [0.15, 0.2) is 6.29 Å². The Morgan fingerprint density at radius 2 is 1.91 bits per heavy atom. The minimum Gasteiger partial charge on any atom is -0.390 e. The van der Waals surface area contributed by atoms with Gasteiger partial charge in [0.1, 0.15) is 5.60 Å². The molecule has 2 unspecified atom stereocenters. The summed E-state index contributed by atoms with van der Waals surface area (Å²) in [5, 5.41) is 36.2. The fourth-order valence-electron chi connectivity index (χ4n) is 1.46. The predicted octanol–water partition coefficient (Wildman–Crippen LogP) is -1.04. The molecule has 0 amide bonds. The molecule has 4 nitrogen and oxygen atoms in total. The van der Waals surface area contributed by atoms with Crippen LogP contribution in [0.15, 0.2) is 0 Å². The fourth-order valence-corrected chi connectivity index (χ4v) is 1.46. The third-order valence-corrected chi connectivity index (χ3v) is 2.33. The Morgan fingerprint density at radius 3 is 2.27 bits per heavy atom. The molecule has 0 heterocycles. The molecule has 1 rings (SSSR count). The van der Waals surface area contributed by atoms with Gasteiger partial charge in [-0.05, 0) is 12.8 Å². The maximum atomic E-state index is 9.47. The smallest absolute Gasteiger partial charge is 0.183 e. The summed E-state index contributed by atoms with van der Waals surface area (Å²) in [7, 11) is 0. The first-order valence-corrected chi connectivity index (χ1v) is 3.84. The van der Waals surface area contributed by atoms with Crippen LogP contribution in [0.2, 0.25) is 0 Å². The minimum absolute atomic E-state index is 0.256. The largest absolute Gasteiger partial charge is 0.390 e. The van der Waals surface area contributed by atoms with Crippen molar-refractivity contribution in [2.75, 3.05) is 0 Å². The molecular weight excluding hydrogens is 148 g/mol. The van der Waals surface area contributed by atoms with E-state index in [4.69, 9.17) is 10.2 Å². The van der Waals surface area contributed by atoms with Crippen LogP contribution in [-0.4, -0.2) is 38.4 Å². The number of rotatable bonds is 1. The van der Waals surface area contributed by atoms with E-state index in [1.807, 2.05) is 0 Å². The van der Waals surface area contributed by atoms with Gasteiger partial charge in [-0.2, -0.15) is 0 Å². The summed E-state index contributed by atoms with van der Waals surface area (Å²) >= 11 is 0. The molecule has 1 fully saturated rings. The summed E-state index contributed by atoms with van der Waals surface area (Å²) < 4.78 is 0. The number of aliphatic hydroxyl groups excluding tert-OH is 2. The van der Waals surface area contributed by atoms with E-state index in [0.717, 1.165) is 12.8 Å². The summed E-state index contributed by atoms with van der Waals surface area (Å²) in [6.45, 7) is 0. The van der Waals surface area contributed by atoms with Gasteiger partial charge in [0.2, 0.25) is 0 Å². The van der Waals surface area contributed by atoms with Gasteiger partial charge in [0, 0.05) is 0 Å². The van der Waals surface area contributed by atoms with E-state index in [9.17, 15) is 10.2 Å². The monoisotopic (exact) mass is 162 g/mol. The molecule has 0 aromatic heterocycles. The normalized spacial score (nSPS) is 39.5. The van der Waals surface area contributed by atoms with Crippen molar-refractivity contribution in [1.82, 2.24) is 0 Å². The van der Waals surface area contributed by atoms with Gasteiger partial charge in [0.25, 0.3) is 0 Å². The second-order valence-corrected chi connectivity index (χ2v) is 3.13. The maximum Gasteiger partial charge on any atom is 0.183 e. The quantitative estimate of drug-likeness (QED) is 0.371. The van der Waals surface area contributed by atoms with Crippen molar-refractivity contribution >= 4 is 0 Å². The number of hydrogen-bond acceptors (Lipinski definition) is 4. The van der Waals surface area contributed by atoms with Crippen molar-refractivity contribution in [3.63, 3.8) is 0 Å². The van der Waals surface area contributed by atoms with E-state index >= 15 is 0 Å². The number of hydrogen-bond donors (Lipinski definition) is 4. The molecule has 2 atom stereocenters. The van der Waals surface area contributed by atoms with Crippen molar-refractivity contribution < 1.29 is 20.4 Å². The van der Waals surface area contributed by atoms with Crippen molar-refractivity contribution in [1.29, 1.82) is 0 Å². The summed E-state index contributed by atoms with van der Waals surface area (Å²) in [4.78, 5) is 0. The summed E-state index contributed by atoms with van der Waals surface area (Å²) in [5.74, 6) is 0. The van der Waals surface area contributed by atoms with Crippen LogP contribution < -0.4 is 0 Å². The Balaban J connectivity index is 2.64. The molecule has 66 valence electrons. The zero-order chi connectivity index (χ0) is 8.48. The van der Waals surface area contributed by atoms with Crippen LogP contribution in [0.5, 0.6) is 0 Å². The first-order valence-electron chi connectivity index (χ1n) is 3.84. The lowest BCUT2D eigenvalue weighted by molar-refractivity contribution is -0.235. The van der Waals surface area contributed by atoms with Gasteiger partial charge in [-0.15, -0.1) is 0 Å². The van der Waals surface area contributed by atoms with Gasteiger partial charge in [-0.1, -0.05) is 12.8 Å². The van der Waals surface area contributed by atoms with E-state index in [1.54, 1.807) is 0 Å². The van der Waals surface area contributed by atoms with Gasteiger partial charge in [-0.25, -0.2) is 0 Å². The lowest BCUT2D eigenvalue weighted by Crippen LogP contribution is -2.53. The van der Waals surface area contributed by atoms with Crippen LogP contribution in [-0.2, 0) is 0 Å². The topological polar surface area (TPSA) is 80.9 Å². The summed E-state index contributed by atoms with van der Waals surface area (Å²) in [6, 6.07) is 0. The van der Waals surface area contributed by atoms with Crippen LogP contribution in [0.3, 0.4) is 0 Å². The Kier molecular flexibility index (Phi) is 2.49. The second-order valence-electron chi connectivity index (χ2n) is 3.13. The molecule has 1 aliphatic rings. The van der Waals surface area contributed by atoms with E-state index in [0.29, 0.717) is 6.42 Å². The van der Waals surface area contributed by atoms with E-state index < -0.39 is 18.0 Å². The Bertz CT molecular complexity index is 136. The predicted molar refractivity (Wildman–Crippen MR) is 37.7 cm³/mol. The average molecular weight is 162 g/mol. The van der Waals surface area contributed by atoms with Crippen molar-refractivity contribution in [2.24, 2.45) is 0 Å². The SMILES string of the molecule is OC(O)C1(O)CCCCC1O. The third-order valence-electron chi connectivity index (χ3n) is 2.33. The highest BCUT2D eigenvalue weighted by Gasteiger charge is 2.43. The third kappa shape index (κ3) is 1.54. The highest BCUT2D eigenvalue weighted by molar-refractivity contribution is 4.91. The molecule has 11 heavy (non-hydrogen) atoms. The molecule has 4 heteroatoms. The van der Waals surface area contributed by atoms with Crippen LogP contribution in [0, 0.1) is 0 Å². The second kappa shape index (κ2) is 3.06. The van der Waals surface area contributed by atoms with Crippen LogP contribution in [0.1, 0.15) is 25.7 Å². The molecule has 0 aromatic carbocycles. The molecule has 0 spiro atoms. The molecule has 0 aromatic rings. The zero-order valence-electron chi connectivity index (χ0n) is 6.27. The lowest BCUT2D eigenvalue weighted by atomic mass is 9.82. The minimum atomic E-state index is -1.84. The molecule has 4 N–H and O–H groups in total. The van der Waals surface area contributed by atoms with Gasteiger partial charge in [0.05, 0.1) is 6.10 Å². The van der Waals surface area contributed by atoms with E-state index in [1.165, 1.54) is 0 Å². The van der Waals surface area contributed by atoms with Crippen LogP contribution >= 0.6 is 0 Å². The highest BCUT2D eigenvalue weighted by Crippen LogP contribution is 2.30. The van der Waals surface area contributed by atoms with Gasteiger partial charge >= 0.3 is 0 Å². The van der Waals surface area contributed by atoms with Crippen molar-refractivity contribution in [3.8, 4) is 0 Å². The Labute approximate surface area is 65.1 Å². The van der Waals surface area contributed by atoms with E-state index in [2.05, 4.69) is 0 Å². The molecule has 0 aliphatic heterocycles. The Morgan fingerprint density at radius 1 is 1.27 bits per heavy atom. The molecular formula is C7H14O4. The molecule has 0 saturated heterocycles. The molecule has 0 radical (unpaired) electrons. The van der Waals surface area contributed by atoms with E-state index in [-0.39, 0.29) is 6.42 Å². The summed E-state index contributed by atoms with van der Waals surface area (Å²) in [5.41, 5.74) is -1.70. The Hall–Kier alpha value is -0.160. The fraction of sp³-hybridized carbons (Fsp3) is 1.00. The molecule has 1 saturated carbocycles. The van der Waals surface area contributed by atoms with Gasteiger partial charge in [-0.3, -0.25) is 0 Å². The zero-order valence-corrected chi connectivity index (χ0v) is 6.27. The van der Waals surface area contributed by atoms with Crippen LogP contribution in [0.4, 0.5) is 0 Å². The first-order chi connectivity index (χ1) is 5.07. The summed E-state index contributed by atoms with van der Waals surface area (Å²) in [6.07, 6.45) is -0.588. The standard InChI is InChI=1S/C7H14O4/c8-5-3-1-2-4-7(5,11)6(9)10/h5-6,8-11H,1-4H2. The highest BCUT2D eigenvalue weighted by atomic mass is 16.5. The maximum absolute atomic E-state index is 9.47. The van der Waals surface area contributed by atoms with Gasteiger partial charge < -0.3 is 20.4 Å². The average Bonchev–Trinajstić information content (AvgIpc) is 1.95. The lowest BCUT2D eigenvalue weighted by Gasteiger charge is -2.37. The molecule has 1 aliphatic carbocycles. The first kappa shape index (κ1) is 8.93. The van der Waals surface area contributed by atoms with Crippen molar-refractivity contribution in [3.05, 3.63) is 0 Å².